The van der Waals surface area contributed by atoms with E-state index in [1.165, 1.54) is 6.07 Å². The van der Waals surface area contributed by atoms with Crippen LogP contribution in [0.25, 0.3) is 0 Å². The minimum absolute atomic E-state index is 0.170. The molecule has 0 radical (unpaired) electrons. The van der Waals surface area contributed by atoms with Gasteiger partial charge >= 0.3 is 0 Å². The number of rotatable bonds is 3. The summed E-state index contributed by atoms with van der Waals surface area (Å²) in [7, 11) is 0. The minimum atomic E-state index is -0.519. The van der Waals surface area contributed by atoms with Gasteiger partial charge in [0, 0.05) is 12.0 Å². The second-order valence-corrected chi connectivity index (χ2v) is 4.56. The fraction of sp³-hybridized carbons (Fsp3) is 0.500. The van der Waals surface area contributed by atoms with E-state index in [9.17, 15) is 4.79 Å². The highest BCUT2D eigenvalue weighted by molar-refractivity contribution is 5.40. The van der Waals surface area contributed by atoms with Gasteiger partial charge in [0.2, 0.25) is 0 Å². The summed E-state index contributed by atoms with van der Waals surface area (Å²) in [6.45, 7) is 7.64. The van der Waals surface area contributed by atoms with Crippen molar-refractivity contribution >= 4 is 5.82 Å². The third-order valence-corrected chi connectivity index (χ3v) is 2.11. The molecule has 1 aromatic rings. The lowest BCUT2D eigenvalue weighted by molar-refractivity contribution is 0.719. The van der Waals surface area contributed by atoms with Gasteiger partial charge in [0.05, 0.1) is 5.54 Å². The van der Waals surface area contributed by atoms with Crippen LogP contribution in [-0.4, -0.2) is 15.5 Å². The smallest absolute Gasteiger partial charge is 0.252 e. The van der Waals surface area contributed by atoms with Crippen LogP contribution in [0.1, 0.15) is 39.4 Å². The quantitative estimate of drug-likeness (QED) is 0.761. The van der Waals surface area contributed by atoms with Crippen molar-refractivity contribution in [3.8, 4) is 12.3 Å². The van der Waals surface area contributed by atoms with Crippen molar-refractivity contribution in [3.05, 3.63) is 22.2 Å². The first-order chi connectivity index (χ1) is 7.34. The molecule has 0 saturated carbocycles. The van der Waals surface area contributed by atoms with Crippen molar-refractivity contribution in [1.82, 2.24) is 9.97 Å². The maximum Gasteiger partial charge on any atom is 0.252 e. The van der Waals surface area contributed by atoms with E-state index >= 15 is 0 Å². The summed E-state index contributed by atoms with van der Waals surface area (Å²) >= 11 is 0. The molecule has 0 aliphatic carbocycles. The van der Waals surface area contributed by atoms with E-state index in [0.29, 0.717) is 11.6 Å². The van der Waals surface area contributed by atoms with Gasteiger partial charge in [-0.25, -0.2) is 4.98 Å². The average molecular weight is 219 g/mol. The summed E-state index contributed by atoms with van der Waals surface area (Å²) in [6, 6.07) is 1.41. The molecule has 0 saturated heterocycles. The Morgan fingerprint density at radius 1 is 1.56 bits per heavy atom. The van der Waals surface area contributed by atoms with Gasteiger partial charge in [0.15, 0.2) is 0 Å². The van der Waals surface area contributed by atoms with Gasteiger partial charge in [-0.3, -0.25) is 4.79 Å². The average Bonchev–Trinajstić information content (AvgIpc) is 2.16. The highest BCUT2D eigenvalue weighted by Crippen LogP contribution is 2.13. The molecule has 4 heteroatoms. The number of aromatic amines is 1. The molecule has 0 atom stereocenters. The van der Waals surface area contributed by atoms with E-state index in [2.05, 4.69) is 21.2 Å². The Morgan fingerprint density at radius 3 is 2.69 bits per heavy atom. The van der Waals surface area contributed by atoms with Gasteiger partial charge in [-0.2, -0.15) is 0 Å². The van der Waals surface area contributed by atoms with Gasteiger partial charge in [-0.15, -0.1) is 6.42 Å². The van der Waals surface area contributed by atoms with E-state index in [4.69, 9.17) is 6.42 Å². The Morgan fingerprint density at radius 2 is 2.19 bits per heavy atom. The van der Waals surface area contributed by atoms with Crippen LogP contribution in [0.3, 0.4) is 0 Å². The van der Waals surface area contributed by atoms with E-state index in [-0.39, 0.29) is 11.5 Å². The summed E-state index contributed by atoms with van der Waals surface area (Å²) in [5.41, 5.74) is -0.691. The van der Waals surface area contributed by atoms with Gasteiger partial charge in [-0.1, -0.05) is 19.8 Å². The third kappa shape index (κ3) is 3.13. The van der Waals surface area contributed by atoms with Crippen molar-refractivity contribution in [1.29, 1.82) is 0 Å². The predicted octanol–water partition coefficient (Wildman–Crippen LogP) is 1.72. The summed E-state index contributed by atoms with van der Waals surface area (Å²) in [4.78, 5) is 18.4. The zero-order chi connectivity index (χ0) is 12.3. The minimum Gasteiger partial charge on any atom is -0.354 e. The highest BCUT2D eigenvalue weighted by Gasteiger charge is 2.15. The molecular formula is C12H17N3O. The van der Waals surface area contributed by atoms with Gasteiger partial charge in [-0.05, 0) is 13.8 Å². The summed E-state index contributed by atoms with van der Waals surface area (Å²) in [5, 5.41) is 3.04. The Labute approximate surface area is 95.5 Å². The van der Waals surface area contributed by atoms with E-state index < -0.39 is 5.54 Å². The fourth-order valence-corrected chi connectivity index (χ4v) is 1.17. The van der Waals surface area contributed by atoms with Crippen LogP contribution in [0.2, 0.25) is 0 Å². The van der Waals surface area contributed by atoms with Crippen LogP contribution in [0.4, 0.5) is 5.82 Å². The van der Waals surface area contributed by atoms with Gasteiger partial charge in [0.1, 0.15) is 11.6 Å². The molecule has 1 rings (SSSR count). The lowest BCUT2D eigenvalue weighted by atomic mass is 10.1. The number of anilines is 1. The molecular weight excluding hydrogens is 202 g/mol. The monoisotopic (exact) mass is 219 g/mol. The van der Waals surface area contributed by atoms with Crippen LogP contribution in [0, 0.1) is 12.3 Å². The largest absolute Gasteiger partial charge is 0.354 e. The topological polar surface area (TPSA) is 57.8 Å². The molecule has 0 spiro atoms. The van der Waals surface area contributed by atoms with Crippen LogP contribution in [0.15, 0.2) is 10.9 Å². The van der Waals surface area contributed by atoms with E-state index in [1.54, 1.807) is 0 Å². The SMILES string of the molecule is C#CC(C)(C)Nc1cc(=O)[nH]c(C(C)C)n1. The van der Waals surface area contributed by atoms with E-state index in [0.717, 1.165) is 0 Å². The third-order valence-electron chi connectivity index (χ3n) is 2.11. The summed E-state index contributed by atoms with van der Waals surface area (Å²) in [5.74, 6) is 3.93. The number of aromatic nitrogens is 2. The Bertz CT molecular complexity index is 466. The molecule has 1 aromatic heterocycles. The zero-order valence-corrected chi connectivity index (χ0v) is 10.1. The lowest BCUT2D eigenvalue weighted by Gasteiger charge is -2.20. The molecule has 0 amide bonds. The molecule has 1 heterocycles. The first-order valence-corrected chi connectivity index (χ1v) is 5.21. The molecule has 16 heavy (non-hydrogen) atoms. The molecule has 4 nitrogen and oxygen atoms in total. The summed E-state index contributed by atoms with van der Waals surface area (Å²) < 4.78 is 0. The Balaban J connectivity index is 3.08. The standard InChI is InChI=1S/C12H17N3O/c1-6-12(4,5)15-9-7-10(16)14-11(13-9)8(2)3/h1,7-8H,2-5H3,(H2,13,14,15,16). The van der Waals surface area contributed by atoms with Crippen molar-refractivity contribution in [2.45, 2.75) is 39.2 Å². The second kappa shape index (κ2) is 4.40. The second-order valence-electron chi connectivity index (χ2n) is 4.56. The summed E-state index contributed by atoms with van der Waals surface area (Å²) in [6.07, 6.45) is 5.36. The molecule has 0 aliphatic heterocycles. The Kier molecular flexibility index (Phi) is 3.38. The Hall–Kier alpha value is -1.76. The van der Waals surface area contributed by atoms with Crippen molar-refractivity contribution in [2.75, 3.05) is 5.32 Å². The van der Waals surface area contributed by atoms with Gasteiger partial charge in [0.25, 0.3) is 5.56 Å². The molecule has 2 N–H and O–H groups in total. The lowest BCUT2D eigenvalue weighted by Crippen LogP contribution is -2.30. The number of hydrogen-bond acceptors (Lipinski definition) is 3. The molecule has 86 valence electrons. The first-order valence-electron chi connectivity index (χ1n) is 5.21. The molecule has 0 fully saturated rings. The normalized spacial score (nSPS) is 11.2. The van der Waals surface area contributed by atoms with Gasteiger partial charge < -0.3 is 10.3 Å². The predicted molar refractivity (Wildman–Crippen MR) is 65.5 cm³/mol. The van der Waals surface area contributed by atoms with Crippen molar-refractivity contribution in [2.24, 2.45) is 0 Å². The fourth-order valence-electron chi connectivity index (χ4n) is 1.17. The number of hydrogen-bond donors (Lipinski definition) is 2. The molecule has 0 aromatic carbocycles. The maximum atomic E-state index is 11.4. The molecule has 0 aliphatic rings. The number of H-pyrrole nitrogens is 1. The van der Waals surface area contributed by atoms with Crippen molar-refractivity contribution < 1.29 is 0 Å². The number of nitrogens with zero attached hydrogens (tertiary/aromatic N) is 1. The van der Waals surface area contributed by atoms with Crippen LogP contribution in [-0.2, 0) is 0 Å². The number of terminal acetylenes is 1. The first kappa shape index (κ1) is 12.3. The van der Waals surface area contributed by atoms with Crippen LogP contribution in [0.5, 0.6) is 0 Å². The maximum absolute atomic E-state index is 11.4. The zero-order valence-electron chi connectivity index (χ0n) is 10.1. The molecule has 0 bridgehead atoms. The number of nitrogens with one attached hydrogen (secondary N) is 2. The molecule has 0 unspecified atom stereocenters. The van der Waals surface area contributed by atoms with Crippen molar-refractivity contribution in [3.63, 3.8) is 0 Å². The van der Waals surface area contributed by atoms with Crippen LogP contribution < -0.4 is 10.9 Å². The van der Waals surface area contributed by atoms with Crippen LogP contribution >= 0.6 is 0 Å². The van der Waals surface area contributed by atoms with E-state index in [1.807, 2.05) is 27.7 Å². The highest BCUT2D eigenvalue weighted by atomic mass is 16.1.